The van der Waals surface area contributed by atoms with Crippen molar-refractivity contribution in [3.63, 3.8) is 0 Å². The average Bonchev–Trinajstić information content (AvgIpc) is 3.10. The Labute approximate surface area is 188 Å². The highest BCUT2D eigenvalue weighted by Crippen LogP contribution is 2.16. The van der Waals surface area contributed by atoms with Crippen molar-refractivity contribution in [3.8, 4) is 0 Å². The maximum absolute atomic E-state index is 12.1. The zero-order valence-electron chi connectivity index (χ0n) is 20.1. The molecule has 1 aromatic rings. The van der Waals surface area contributed by atoms with E-state index >= 15 is 0 Å². The zero-order chi connectivity index (χ0) is 23.1. The van der Waals surface area contributed by atoms with Gasteiger partial charge in [0.15, 0.2) is 6.10 Å². The van der Waals surface area contributed by atoms with Crippen LogP contribution in [0.25, 0.3) is 0 Å². The molecule has 6 heteroatoms. The number of quaternary nitrogens is 1. The normalized spacial score (nSPS) is 12.6. The summed E-state index contributed by atoms with van der Waals surface area (Å²) >= 11 is 0. The maximum atomic E-state index is 12.1. The van der Waals surface area contributed by atoms with Gasteiger partial charge in [-0.3, -0.25) is 4.79 Å². The molecule has 1 unspecified atom stereocenters. The van der Waals surface area contributed by atoms with E-state index in [2.05, 4.69) is 19.1 Å². The highest BCUT2D eigenvalue weighted by Gasteiger charge is 2.22. The van der Waals surface area contributed by atoms with E-state index in [1.54, 1.807) is 0 Å². The van der Waals surface area contributed by atoms with E-state index in [0.29, 0.717) is 17.4 Å². The van der Waals surface area contributed by atoms with Gasteiger partial charge in [0.05, 0.1) is 21.1 Å². The molecule has 0 fully saturated rings. The Morgan fingerprint density at radius 2 is 1.48 bits per heavy atom. The summed E-state index contributed by atoms with van der Waals surface area (Å²) < 4.78 is 11.8. The van der Waals surface area contributed by atoms with E-state index in [9.17, 15) is 14.7 Å². The van der Waals surface area contributed by atoms with Gasteiger partial charge in [-0.15, -0.1) is 0 Å². The van der Waals surface area contributed by atoms with Crippen molar-refractivity contribution in [3.05, 3.63) is 23.7 Å². The summed E-state index contributed by atoms with van der Waals surface area (Å²) in [4.78, 5) is 23.0. The Bertz CT molecular complexity index is 632. The lowest BCUT2D eigenvalue weighted by Gasteiger charge is -2.29. The van der Waals surface area contributed by atoms with Crippen LogP contribution in [0.2, 0.25) is 0 Å². The summed E-state index contributed by atoms with van der Waals surface area (Å²) in [5, 5.41) is 10.9. The number of carbonyl (C=O) groups is 2. The molecule has 1 heterocycles. The third-order valence-electron chi connectivity index (χ3n) is 5.24. The summed E-state index contributed by atoms with van der Waals surface area (Å²) in [6, 6.07) is 4.19. The smallest absolute Gasteiger partial charge is 0.306 e. The van der Waals surface area contributed by atoms with Crippen LogP contribution in [0.15, 0.2) is 16.5 Å². The van der Waals surface area contributed by atoms with Crippen LogP contribution < -0.4 is 5.11 Å². The van der Waals surface area contributed by atoms with Crippen LogP contribution in [0.5, 0.6) is 0 Å². The van der Waals surface area contributed by atoms with Crippen LogP contribution in [0.1, 0.15) is 89.1 Å². The lowest BCUT2D eigenvalue weighted by molar-refractivity contribution is -0.873. The lowest BCUT2D eigenvalue weighted by Crippen LogP contribution is -2.45. The van der Waals surface area contributed by atoms with Gasteiger partial charge in [-0.1, -0.05) is 45.4 Å². The largest absolute Gasteiger partial charge is 0.550 e. The predicted molar refractivity (Wildman–Crippen MR) is 120 cm³/mol. The Kier molecular flexibility index (Phi) is 13.2. The van der Waals surface area contributed by atoms with Crippen LogP contribution in [-0.2, 0) is 27.2 Å². The SMILES string of the molecule is CCCCCCCc1ccc(CCCCCCC(=O)OC(CC(=O)[O-])C[N+](C)(C)C)o1. The third kappa shape index (κ3) is 14.8. The standard InChI is InChI=1S/C25H43NO5/c1-5-6-7-8-11-14-21-17-18-22(30-21)15-12-9-10-13-16-25(29)31-23(19-24(27)28)20-26(2,3)4/h17-18,23H,5-16,19-20H2,1-4H3. The van der Waals surface area contributed by atoms with Crippen LogP contribution in [0.4, 0.5) is 0 Å². The van der Waals surface area contributed by atoms with Gasteiger partial charge in [0.1, 0.15) is 18.1 Å². The summed E-state index contributed by atoms with van der Waals surface area (Å²) in [5.41, 5.74) is 0. The molecular formula is C25H43NO5. The Balaban J connectivity index is 2.15. The van der Waals surface area contributed by atoms with E-state index in [1.807, 2.05) is 21.1 Å². The molecule has 0 aromatic carbocycles. The molecule has 6 nitrogen and oxygen atoms in total. The number of carboxylic acid groups (broad SMARTS) is 1. The molecule has 1 rings (SSSR count). The van der Waals surface area contributed by atoms with Crippen molar-refractivity contribution >= 4 is 11.9 Å². The molecule has 1 aromatic heterocycles. The molecule has 0 bridgehead atoms. The molecule has 1 atom stereocenters. The number of likely N-dealkylation sites (N-methyl/N-ethyl adjacent to an activating group) is 1. The van der Waals surface area contributed by atoms with Gasteiger partial charge in [0.2, 0.25) is 0 Å². The Morgan fingerprint density at radius 3 is 2.00 bits per heavy atom. The second kappa shape index (κ2) is 15.1. The number of rotatable bonds is 18. The van der Waals surface area contributed by atoms with E-state index < -0.39 is 12.1 Å². The van der Waals surface area contributed by atoms with Gasteiger partial charge in [0, 0.05) is 31.7 Å². The quantitative estimate of drug-likeness (QED) is 0.197. The van der Waals surface area contributed by atoms with Crippen LogP contribution in [-0.4, -0.2) is 50.2 Å². The first-order valence-electron chi connectivity index (χ1n) is 12.0. The number of unbranched alkanes of at least 4 members (excludes halogenated alkanes) is 7. The summed E-state index contributed by atoms with van der Waals surface area (Å²) in [6.07, 6.45) is 11.5. The predicted octanol–water partition coefficient (Wildman–Crippen LogP) is 4.04. The number of esters is 1. The van der Waals surface area contributed by atoms with E-state index in [0.717, 1.165) is 50.0 Å². The number of aryl methyl sites for hydroxylation is 2. The first-order chi connectivity index (χ1) is 14.7. The molecule has 0 aliphatic heterocycles. The van der Waals surface area contributed by atoms with Crippen molar-refractivity contribution in [1.82, 2.24) is 0 Å². The minimum atomic E-state index is -1.19. The van der Waals surface area contributed by atoms with Crippen molar-refractivity contribution in [2.45, 2.75) is 96.5 Å². The Hall–Kier alpha value is -1.82. The fourth-order valence-corrected chi connectivity index (χ4v) is 3.70. The van der Waals surface area contributed by atoms with Gasteiger partial charge in [-0.2, -0.15) is 0 Å². The molecular weight excluding hydrogens is 394 g/mol. The first kappa shape index (κ1) is 27.2. The second-order valence-electron chi connectivity index (χ2n) is 9.61. The van der Waals surface area contributed by atoms with E-state index in [1.165, 1.54) is 32.1 Å². The fourth-order valence-electron chi connectivity index (χ4n) is 3.70. The molecule has 178 valence electrons. The van der Waals surface area contributed by atoms with E-state index in [-0.39, 0.29) is 12.4 Å². The number of carboxylic acids is 1. The third-order valence-corrected chi connectivity index (χ3v) is 5.24. The van der Waals surface area contributed by atoms with Crippen molar-refractivity contribution in [2.75, 3.05) is 27.7 Å². The molecule has 0 amide bonds. The summed E-state index contributed by atoms with van der Waals surface area (Å²) in [6.45, 7) is 2.68. The number of carbonyl (C=O) groups excluding carboxylic acids is 2. The number of aliphatic carboxylic acids is 1. The van der Waals surface area contributed by atoms with Gasteiger partial charge in [0.25, 0.3) is 0 Å². The molecule has 0 saturated heterocycles. The number of ether oxygens (including phenoxy) is 1. The molecule has 0 aliphatic carbocycles. The number of nitrogens with zero attached hydrogens (tertiary/aromatic N) is 1. The monoisotopic (exact) mass is 437 g/mol. The highest BCUT2D eigenvalue weighted by molar-refractivity contribution is 5.70. The molecule has 31 heavy (non-hydrogen) atoms. The molecule has 0 radical (unpaired) electrons. The van der Waals surface area contributed by atoms with Gasteiger partial charge < -0.3 is 23.5 Å². The molecule has 0 saturated carbocycles. The molecule has 0 spiro atoms. The highest BCUT2D eigenvalue weighted by atomic mass is 16.5. The minimum Gasteiger partial charge on any atom is -0.550 e. The van der Waals surface area contributed by atoms with Crippen molar-refractivity contribution in [2.24, 2.45) is 0 Å². The summed E-state index contributed by atoms with van der Waals surface area (Å²) in [5.74, 6) is 0.626. The average molecular weight is 438 g/mol. The number of hydrogen-bond acceptors (Lipinski definition) is 5. The maximum Gasteiger partial charge on any atom is 0.306 e. The second-order valence-corrected chi connectivity index (χ2v) is 9.61. The first-order valence-corrected chi connectivity index (χ1v) is 12.0. The number of furan rings is 1. The van der Waals surface area contributed by atoms with E-state index in [4.69, 9.17) is 9.15 Å². The van der Waals surface area contributed by atoms with Gasteiger partial charge in [-0.25, -0.2) is 0 Å². The summed E-state index contributed by atoms with van der Waals surface area (Å²) in [7, 11) is 5.81. The Morgan fingerprint density at radius 1 is 0.935 bits per heavy atom. The van der Waals surface area contributed by atoms with Gasteiger partial charge in [-0.05, 0) is 31.4 Å². The lowest BCUT2D eigenvalue weighted by atomic mass is 10.1. The topological polar surface area (TPSA) is 79.6 Å². The zero-order valence-corrected chi connectivity index (χ0v) is 20.1. The van der Waals surface area contributed by atoms with Crippen LogP contribution in [0.3, 0.4) is 0 Å². The van der Waals surface area contributed by atoms with Crippen molar-refractivity contribution < 1.29 is 28.3 Å². The number of hydrogen-bond donors (Lipinski definition) is 0. The molecule has 0 N–H and O–H groups in total. The fraction of sp³-hybridized carbons (Fsp3) is 0.760. The van der Waals surface area contributed by atoms with Crippen LogP contribution in [0, 0.1) is 0 Å². The van der Waals surface area contributed by atoms with Crippen molar-refractivity contribution in [1.29, 1.82) is 0 Å². The minimum absolute atomic E-state index is 0.259. The van der Waals surface area contributed by atoms with Gasteiger partial charge >= 0.3 is 5.97 Å². The van der Waals surface area contributed by atoms with Crippen LogP contribution >= 0.6 is 0 Å². The molecule has 0 aliphatic rings.